The van der Waals surface area contributed by atoms with E-state index in [1.807, 2.05) is 20.8 Å². The number of hydrogen-bond donors (Lipinski definition) is 1. The Balaban J connectivity index is 2.13. The van der Waals surface area contributed by atoms with E-state index < -0.39 is 10.0 Å². The van der Waals surface area contributed by atoms with E-state index in [-0.39, 0.29) is 22.6 Å². The van der Waals surface area contributed by atoms with Gasteiger partial charge >= 0.3 is 0 Å². The molecule has 150 valence electrons. The molecular weight excluding hydrogens is 386 g/mol. The second-order valence-corrected chi connectivity index (χ2v) is 9.45. The molecule has 9 heteroatoms. The Morgan fingerprint density at radius 3 is 2.52 bits per heavy atom. The lowest BCUT2D eigenvalue weighted by atomic mass is 10.1. The summed E-state index contributed by atoms with van der Waals surface area (Å²) in [5.74, 6) is 0.455. The SMILES string of the molecule is CCN(CC)S(=O)(=O)c1ccc2oc(SCC(=O)N[C@H](C)C(C)C)nc2c1. The normalized spacial score (nSPS) is 13.4. The topological polar surface area (TPSA) is 92.5 Å². The number of rotatable bonds is 9. The van der Waals surface area contributed by atoms with Crippen LogP contribution in [0.25, 0.3) is 11.1 Å². The van der Waals surface area contributed by atoms with Crippen molar-refractivity contribution in [2.24, 2.45) is 5.92 Å². The average Bonchev–Trinajstić information content (AvgIpc) is 3.02. The zero-order chi connectivity index (χ0) is 20.2. The Morgan fingerprint density at radius 2 is 1.93 bits per heavy atom. The molecule has 0 radical (unpaired) electrons. The fourth-order valence-electron chi connectivity index (χ4n) is 2.41. The number of sulfonamides is 1. The molecular formula is C18H27N3O4S2. The Bertz CT molecular complexity index is 889. The standard InChI is InChI=1S/C18H27N3O4S2/c1-6-21(7-2)27(23,24)14-8-9-16-15(10-14)20-18(25-16)26-11-17(22)19-13(5)12(3)4/h8-10,12-13H,6-7,11H2,1-5H3,(H,19,22)/t13-/m1/s1. The molecule has 1 heterocycles. The number of benzene rings is 1. The molecule has 0 spiro atoms. The molecule has 2 rings (SSSR count). The minimum Gasteiger partial charge on any atom is -0.431 e. The molecule has 7 nitrogen and oxygen atoms in total. The van der Waals surface area contributed by atoms with Crippen molar-refractivity contribution in [2.75, 3.05) is 18.8 Å². The van der Waals surface area contributed by atoms with Gasteiger partial charge in [0.1, 0.15) is 5.52 Å². The lowest BCUT2D eigenvalue weighted by Gasteiger charge is -2.18. The quantitative estimate of drug-likeness (QED) is 0.635. The van der Waals surface area contributed by atoms with Gasteiger partial charge in [0, 0.05) is 19.1 Å². The number of carbonyl (C=O) groups excluding carboxylic acids is 1. The molecule has 1 aromatic heterocycles. The molecule has 1 amide bonds. The van der Waals surface area contributed by atoms with Gasteiger partial charge in [0.25, 0.3) is 5.22 Å². The molecule has 0 aliphatic rings. The first-order valence-corrected chi connectivity index (χ1v) is 11.4. The second-order valence-electron chi connectivity index (χ2n) is 6.59. The van der Waals surface area contributed by atoms with Gasteiger partial charge in [0.15, 0.2) is 5.58 Å². The fraction of sp³-hybridized carbons (Fsp3) is 0.556. The number of hydrogen-bond acceptors (Lipinski definition) is 6. The van der Waals surface area contributed by atoms with E-state index in [9.17, 15) is 13.2 Å². The number of thioether (sulfide) groups is 1. The highest BCUT2D eigenvalue weighted by Crippen LogP contribution is 2.26. The fourth-order valence-corrected chi connectivity index (χ4v) is 4.54. The van der Waals surface area contributed by atoms with Crippen LogP contribution in [0.2, 0.25) is 0 Å². The zero-order valence-electron chi connectivity index (χ0n) is 16.4. The highest BCUT2D eigenvalue weighted by molar-refractivity contribution is 7.99. The number of fused-ring (bicyclic) bond motifs is 1. The predicted molar refractivity (Wildman–Crippen MR) is 107 cm³/mol. The van der Waals surface area contributed by atoms with Crippen LogP contribution in [-0.4, -0.2) is 48.5 Å². The molecule has 0 saturated carbocycles. The summed E-state index contributed by atoms with van der Waals surface area (Å²) in [5.41, 5.74) is 0.952. The van der Waals surface area contributed by atoms with E-state index >= 15 is 0 Å². The third-order valence-electron chi connectivity index (χ3n) is 4.40. The van der Waals surface area contributed by atoms with Crippen molar-refractivity contribution < 1.29 is 17.6 Å². The summed E-state index contributed by atoms with van der Waals surface area (Å²) >= 11 is 1.19. The molecule has 0 saturated heterocycles. The third-order valence-corrected chi connectivity index (χ3v) is 7.27. The van der Waals surface area contributed by atoms with Gasteiger partial charge in [0.2, 0.25) is 15.9 Å². The Labute approximate surface area is 164 Å². The lowest BCUT2D eigenvalue weighted by Crippen LogP contribution is -2.37. The number of amides is 1. The summed E-state index contributed by atoms with van der Waals surface area (Å²) < 4.78 is 32.3. The molecule has 1 atom stereocenters. The van der Waals surface area contributed by atoms with Gasteiger partial charge in [-0.25, -0.2) is 13.4 Å². The van der Waals surface area contributed by atoms with E-state index in [2.05, 4.69) is 10.3 Å². The van der Waals surface area contributed by atoms with Crippen molar-refractivity contribution in [1.29, 1.82) is 0 Å². The molecule has 1 aromatic carbocycles. The van der Waals surface area contributed by atoms with Crippen molar-refractivity contribution in [3.63, 3.8) is 0 Å². The van der Waals surface area contributed by atoms with Crippen LogP contribution >= 0.6 is 11.8 Å². The number of nitrogens with one attached hydrogen (secondary N) is 1. The lowest BCUT2D eigenvalue weighted by molar-refractivity contribution is -0.119. The van der Waals surface area contributed by atoms with E-state index in [4.69, 9.17) is 4.42 Å². The van der Waals surface area contributed by atoms with Crippen LogP contribution in [0.15, 0.2) is 32.7 Å². The Kier molecular flexibility index (Phi) is 7.30. The number of aromatic nitrogens is 1. The van der Waals surface area contributed by atoms with E-state index in [1.54, 1.807) is 19.9 Å². The average molecular weight is 414 g/mol. The summed E-state index contributed by atoms with van der Waals surface area (Å²) in [4.78, 5) is 16.5. The molecule has 0 unspecified atom stereocenters. The van der Waals surface area contributed by atoms with Gasteiger partial charge in [-0.2, -0.15) is 4.31 Å². The summed E-state index contributed by atoms with van der Waals surface area (Å²) in [6, 6.07) is 4.72. The summed E-state index contributed by atoms with van der Waals surface area (Å²) in [6.07, 6.45) is 0. The van der Waals surface area contributed by atoms with Crippen molar-refractivity contribution in [3.8, 4) is 0 Å². The molecule has 0 bridgehead atoms. The Morgan fingerprint density at radius 1 is 1.26 bits per heavy atom. The van der Waals surface area contributed by atoms with Gasteiger partial charge in [-0.15, -0.1) is 0 Å². The summed E-state index contributed by atoms with van der Waals surface area (Å²) in [5, 5.41) is 3.27. The number of carbonyl (C=O) groups is 1. The van der Waals surface area contributed by atoms with Crippen LogP contribution in [-0.2, 0) is 14.8 Å². The van der Waals surface area contributed by atoms with Crippen LogP contribution in [0.3, 0.4) is 0 Å². The second kappa shape index (κ2) is 9.07. The molecule has 0 aliphatic carbocycles. The molecule has 1 N–H and O–H groups in total. The minimum absolute atomic E-state index is 0.0896. The van der Waals surface area contributed by atoms with E-state index in [1.165, 1.54) is 28.2 Å². The van der Waals surface area contributed by atoms with E-state index in [0.29, 0.717) is 35.3 Å². The van der Waals surface area contributed by atoms with Gasteiger partial charge in [-0.3, -0.25) is 4.79 Å². The molecule has 2 aromatic rings. The first-order chi connectivity index (χ1) is 12.7. The van der Waals surface area contributed by atoms with Gasteiger partial charge < -0.3 is 9.73 Å². The highest BCUT2D eigenvalue weighted by Gasteiger charge is 2.23. The predicted octanol–water partition coefficient (Wildman–Crippen LogP) is 3.11. The maximum Gasteiger partial charge on any atom is 0.257 e. The smallest absolute Gasteiger partial charge is 0.257 e. The molecule has 27 heavy (non-hydrogen) atoms. The van der Waals surface area contributed by atoms with Gasteiger partial charge in [0.05, 0.1) is 10.6 Å². The Hall–Kier alpha value is -1.58. The summed E-state index contributed by atoms with van der Waals surface area (Å²) in [7, 11) is -3.55. The van der Waals surface area contributed by atoms with Crippen LogP contribution in [0.1, 0.15) is 34.6 Å². The summed E-state index contributed by atoms with van der Waals surface area (Å²) in [6.45, 7) is 10.5. The third kappa shape index (κ3) is 5.24. The van der Waals surface area contributed by atoms with Gasteiger partial charge in [-0.1, -0.05) is 39.5 Å². The van der Waals surface area contributed by atoms with Gasteiger partial charge in [-0.05, 0) is 31.0 Å². The van der Waals surface area contributed by atoms with Crippen molar-refractivity contribution in [1.82, 2.24) is 14.6 Å². The molecule has 0 fully saturated rings. The first kappa shape index (κ1) is 21.7. The maximum absolute atomic E-state index is 12.6. The van der Waals surface area contributed by atoms with Crippen molar-refractivity contribution in [3.05, 3.63) is 18.2 Å². The minimum atomic E-state index is -3.55. The monoisotopic (exact) mass is 413 g/mol. The van der Waals surface area contributed by atoms with Crippen LogP contribution in [0, 0.1) is 5.92 Å². The van der Waals surface area contributed by atoms with Crippen LogP contribution < -0.4 is 5.32 Å². The zero-order valence-corrected chi connectivity index (χ0v) is 18.0. The van der Waals surface area contributed by atoms with Crippen molar-refractivity contribution >= 4 is 38.8 Å². The number of nitrogens with zero attached hydrogens (tertiary/aromatic N) is 2. The maximum atomic E-state index is 12.6. The largest absolute Gasteiger partial charge is 0.431 e. The number of oxazole rings is 1. The van der Waals surface area contributed by atoms with Crippen LogP contribution in [0.4, 0.5) is 0 Å². The highest BCUT2D eigenvalue weighted by atomic mass is 32.2. The molecule has 0 aliphatic heterocycles. The first-order valence-electron chi connectivity index (χ1n) is 9.01. The van der Waals surface area contributed by atoms with Crippen molar-refractivity contribution in [2.45, 2.75) is 50.8 Å². The van der Waals surface area contributed by atoms with E-state index in [0.717, 1.165) is 0 Å². The van der Waals surface area contributed by atoms with Crippen LogP contribution in [0.5, 0.6) is 0 Å².